The van der Waals surface area contributed by atoms with Gasteiger partial charge in [0.1, 0.15) is 12.4 Å². The number of carbonyl (C=O) groups excluding carboxylic acids is 1. The Hall–Kier alpha value is -1.71. The van der Waals surface area contributed by atoms with Crippen LogP contribution >= 0.6 is 0 Å². The Kier molecular flexibility index (Phi) is 3.79. The fourth-order valence-electron chi connectivity index (χ4n) is 0.969. The van der Waals surface area contributed by atoms with E-state index in [1.54, 1.807) is 24.3 Å². The third-order valence-electron chi connectivity index (χ3n) is 1.60. The molecule has 1 aromatic rings. The second-order valence-corrected chi connectivity index (χ2v) is 2.81. The Balaban J connectivity index is 2.25. The fourth-order valence-corrected chi connectivity index (χ4v) is 0.969. The molecule has 2 N–H and O–H groups in total. The van der Waals surface area contributed by atoms with Gasteiger partial charge in [-0.25, -0.2) is 0 Å². The van der Waals surface area contributed by atoms with Crippen molar-refractivity contribution in [1.29, 1.82) is 0 Å². The number of nitrogens with one attached hydrogen (secondary N) is 1. The Labute approximate surface area is 82.5 Å². The predicted molar refractivity (Wildman–Crippen MR) is 53.2 cm³/mol. The average Bonchev–Trinajstić information content (AvgIpc) is 2.15. The molecule has 0 radical (unpaired) electrons. The lowest BCUT2D eigenvalue weighted by molar-refractivity contribution is -0.140. The number of phenols is 1. The largest absolute Gasteiger partial charge is 0.508 e. The summed E-state index contributed by atoms with van der Waals surface area (Å²) < 4.78 is 4.74. The number of rotatable bonds is 4. The monoisotopic (exact) mass is 195 g/mol. The second-order valence-electron chi connectivity index (χ2n) is 2.81. The maximum atomic E-state index is 10.4. The maximum absolute atomic E-state index is 10.4. The van der Waals surface area contributed by atoms with Crippen LogP contribution in [-0.4, -0.2) is 24.2 Å². The van der Waals surface area contributed by atoms with Crippen molar-refractivity contribution in [1.82, 2.24) is 0 Å². The normalized spacial score (nSPS) is 9.50. The molecule has 0 saturated carbocycles. The zero-order valence-electron chi connectivity index (χ0n) is 7.99. The summed E-state index contributed by atoms with van der Waals surface area (Å²) in [5.41, 5.74) is 0.884. The molecule has 0 aromatic heterocycles. The van der Waals surface area contributed by atoms with Gasteiger partial charge in [-0.3, -0.25) is 4.79 Å². The van der Waals surface area contributed by atoms with Crippen LogP contribution in [0.25, 0.3) is 0 Å². The van der Waals surface area contributed by atoms with E-state index >= 15 is 0 Å². The first-order valence-electron chi connectivity index (χ1n) is 4.35. The molecule has 0 fully saturated rings. The van der Waals surface area contributed by atoms with Crippen molar-refractivity contribution in [2.45, 2.75) is 6.92 Å². The Bertz CT molecular complexity index is 295. The maximum Gasteiger partial charge on any atom is 0.302 e. The van der Waals surface area contributed by atoms with Gasteiger partial charge in [-0.15, -0.1) is 0 Å². The summed E-state index contributed by atoms with van der Waals surface area (Å²) in [6.45, 7) is 2.28. The van der Waals surface area contributed by atoms with E-state index < -0.39 is 0 Å². The molecule has 0 bridgehead atoms. The topological polar surface area (TPSA) is 58.6 Å². The van der Waals surface area contributed by atoms with Crippen LogP contribution in [0.2, 0.25) is 0 Å². The summed E-state index contributed by atoms with van der Waals surface area (Å²) >= 11 is 0. The van der Waals surface area contributed by atoms with Gasteiger partial charge in [0.05, 0.1) is 0 Å². The standard InChI is InChI=1S/C10H13NO3/c1-8(12)14-7-6-11-9-2-4-10(13)5-3-9/h2-5,11,13H,6-7H2,1H3. The van der Waals surface area contributed by atoms with Crippen LogP contribution in [0.15, 0.2) is 24.3 Å². The molecule has 0 spiro atoms. The van der Waals surface area contributed by atoms with Crippen LogP contribution in [0, 0.1) is 0 Å². The van der Waals surface area contributed by atoms with Gasteiger partial charge in [0.25, 0.3) is 0 Å². The molecule has 0 amide bonds. The van der Waals surface area contributed by atoms with E-state index in [9.17, 15) is 4.79 Å². The molecule has 1 aromatic carbocycles. The summed E-state index contributed by atoms with van der Waals surface area (Å²) in [7, 11) is 0. The number of esters is 1. The number of ether oxygens (including phenoxy) is 1. The number of carbonyl (C=O) groups is 1. The van der Waals surface area contributed by atoms with Crippen molar-refractivity contribution >= 4 is 11.7 Å². The highest BCUT2D eigenvalue weighted by molar-refractivity contribution is 5.65. The highest BCUT2D eigenvalue weighted by Crippen LogP contribution is 2.12. The third-order valence-corrected chi connectivity index (χ3v) is 1.60. The fraction of sp³-hybridized carbons (Fsp3) is 0.300. The molecule has 0 unspecified atom stereocenters. The van der Waals surface area contributed by atoms with Crippen LogP contribution in [0.3, 0.4) is 0 Å². The molecule has 76 valence electrons. The third kappa shape index (κ3) is 3.80. The molecule has 0 heterocycles. The van der Waals surface area contributed by atoms with E-state index in [0.29, 0.717) is 13.2 Å². The molecular formula is C10H13NO3. The number of hydrogen-bond acceptors (Lipinski definition) is 4. The van der Waals surface area contributed by atoms with Gasteiger partial charge < -0.3 is 15.2 Å². The molecule has 0 aliphatic carbocycles. The molecule has 0 aliphatic rings. The lowest BCUT2D eigenvalue weighted by Crippen LogP contribution is -2.11. The van der Waals surface area contributed by atoms with Gasteiger partial charge in [-0.2, -0.15) is 0 Å². The molecular weight excluding hydrogens is 182 g/mol. The molecule has 0 aliphatic heterocycles. The quantitative estimate of drug-likeness (QED) is 0.433. The van der Waals surface area contributed by atoms with Crippen LogP contribution in [0.4, 0.5) is 5.69 Å². The Morgan fingerprint density at radius 2 is 2.07 bits per heavy atom. The number of benzene rings is 1. The molecule has 4 nitrogen and oxygen atoms in total. The summed E-state index contributed by atoms with van der Waals surface area (Å²) in [5.74, 6) is -0.0481. The number of anilines is 1. The van der Waals surface area contributed by atoms with Crippen LogP contribution < -0.4 is 5.32 Å². The predicted octanol–water partition coefficient (Wildman–Crippen LogP) is 1.37. The van der Waals surface area contributed by atoms with E-state index in [2.05, 4.69) is 5.32 Å². The van der Waals surface area contributed by atoms with Crippen molar-refractivity contribution in [2.24, 2.45) is 0 Å². The van der Waals surface area contributed by atoms with Crippen LogP contribution in [0.5, 0.6) is 5.75 Å². The highest BCUT2D eigenvalue weighted by Gasteiger charge is 1.93. The van der Waals surface area contributed by atoms with E-state index in [1.807, 2.05) is 0 Å². The van der Waals surface area contributed by atoms with Gasteiger partial charge >= 0.3 is 5.97 Å². The van der Waals surface area contributed by atoms with E-state index in [4.69, 9.17) is 9.84 Å². The summed E-state index contributed by atoms with van der Waals surface area (Å²) in [6, 6.07) is 6.69. The summed E-state index contributed by atoms with van der Waals surface area (Å²) in [4.78, 5) is 10.4. The van der Waals surface area contributed by atoms with Gasteiger partial charge in [0, 0.05) is 19.2 Å². The first-order chi connectivity index (χ1) is 6.68. The van der Waals surface area contributed by atoms with Gasteiger partial charge in [0.2, 0.25) is 0 Å². The Morgan fingerprint density at radius 1 is 1.43 bits per heavy atom. The lowest BCUT2D eigenvalue weighted by atomic mass is 10.3. The minimum absolute atomic E-state index is 0.232. The van der Waals surface area contributed by atoms with Gasteiger partial charge in [-0.1, -0.05) is 0 Å². The van der Waals surface area contributed by atoms with Gasteiger partial charge in [0.15, 0.2) is 0 Å². The molecule has 0 saturated heterocycles. The number of hydrogen-bond donors (Lipinski definition) is 2. The molecule has 4 heteroatoms. The average molecular weight is 195 g/mol. The SMILES string of the molecule is CC(=O)OCCNc1ccc(O)cc1. The van der Waals surface area contributed by atoms with Crippen molar-refractivity contribution in [3.05, 3.63) is 24.3 Å². The first-order valence-corrected chi connectivity index (χ1v) is 4.35. The molecule has 1 rings (SSSR count). The minimum Gasteiger partial charge on any atom is -0.508 e. The van der Waals surface area contributed by atoms with Crippen molar-refractivity contribution in [3.63, 3.8) is 0 Å². The highest BCUT2D eigenvalue weighted by atomic mass is 16.5. The molecule has 14 heavy (non-hydrogen) atoms. The molecule has 0 atom stereocenters. The van der Waals surface area contributed by atoms with E-state index in [1.165, 1.54) is 6.92 Å². The number of aromatic hydroxyl groups is 1. The van der Waals surface area contributed by atoms with Crippen molar-refractivity contribution in [3.8, 4) is 5.75 Å². The number of phenolic OH excluding ortho intramolecular Hbond substituents is 1. The van der Waals surface area contributed by atoms with E-state index in [0.717, 1.165) is 5.69 Å². The van der Waals surface area contributed by atoms with Crippen LogP contribution in [0.1, 0.15) is 6.92 Å². The zero-order valence-corrected chi connectivity index (χ0v) is 7.99. The van der Waals surface area contributed by atoms with Crippen molar-refractivity contribution < 1.29 is 14.6 Å². The Morgan fingerprint density at radius 3 is 2.64 bits per heavy atom. The van der Waals surface area contributed by atoms with Gasteiger partial charge in [-0.05, 0) is 24.3 Å². The lowest BCUT2D eigenvalue weighted by Gasteiger charge is -2.05. The second kappa shape index (κ2) is 5.11. The van der Waals surface area contributed by atoms with E-state index in [-0.39, 0.29) is 11.7 Å². The van der Waals surface area contributed by atoms with Crippen LogP contribution in [-0.2, 0) is 9.53 Å². The minimum atomic E-state index is -0.280. The summed E-state index contributed by atoms with van der Waals surface area (Å²) in [5, 5.41) is 12.0. The smallest absolute Gasteiger partial charge is 0.302 e. The first kappa shape index (κ1) is 10.4. The van der Waals surface area contributed by atoms with Crippen molar-refractivity contribution in [2.75, 3.05) is 18.5 Å². The summed E-state index contributed by atoms with van der Waals surface area (Å²) in [6.07, 6.45) is 0. The zero-order chi connectivity index (χ0) is 10.4.